The van der Waals surface area contributed by atoms with Gasteiger partial charge in [0.1, 0.15) is 0 Å². The summed E-state index contributed by atoms with van der Waals surface area (Å²) < 4.78 is 72.5. The molecule has 25 heavy (non-hydrogen) atoms. The summed E-state index contributed by atoms with van der Waals surface area (Å²) in [6.07, 6.45) is 3.18. The lowest BCUT2D eigenvalue weighted by Crippen LogP contribution is -2.36. The summed E-state index contributed by atoms with van der Waals surface area (Å²) in [7, 11) is 0. The molecule has 0 aromatic rings. The molecule has 1 heterocycles. The summed E-state index contributed by atoms with van der Waals surface area (Å²) in [5.41, 5.74) is 0. The molecule has 0 spiro atoms. The Morgan fingerprint density at radius 1 is 0.800 bits per heavy atom. The Bertz CT molecular complexity index is 328. The predicted molar refractivity (Wildman–Crippen MR) is 87.0 cm³/mol. The van der Waals surface area contributed by atoms with Crippen LogP contribution >= 0.6 is 0 Å². The van der Waals surface area contributed by atoms with Crippen LogP contribution < -0.4 is 0 Å². The summed E-state index contributed by atoms with van der Waals surface area (Å²) >= 11 is 0. The molecule has 1 atom stereocenters. The van der Waals surface area contributed by atoms with Gasteiger partial charge in [0.2, 0.25) is 0 Å². The Kier molecular flexibility index (Phi) is 10.9. The van der Waals surface area contributed by atoms with E-state index >= 15 is 0 Å². The third-order valence-corrected chi connectivity index (χ3v) is 4.52. The zero-order valence-corrected chi connectivity index (χ0v) is 14.9. The Morgan fingerprint density at radius 3 is 1.96 bits per heavy atom. The first-order chi connectivity index (χ1) is 11.8. The smallest absolute Gasteiger partial charge is 0.379 e. The molecule has 2 nitrogen and oxygen atoms in total. The summed E-state index contributed by atoms with van der Waals surface area (Å²) in [5, 5.41) is 0. The number of hydrogen-bond acceptors (Lipinski definition) is 2. The van der Waals surface area contributed by atoms with Gasteiger partial charge in [-0.3, -0.25) is 0 Å². The summed E-state index contributed by atoms with van der Waals surface area (Å²) in [6.45, 7) is 2.23. The van der Waals surface area contributed by atoms with E-state index in [0.717, 1.165) is 58.2 Å². The topological polar surface area (TPSA) is 18.5 Å². The monoisotopic (exact) mass is 374 g/mol. The van der Waals surface area contributed by atoms with Crippen LogP contribution in [-0.4, -0.2) is 38.0 Å². The Morgan fingerprint density at radius 2 is 1.40 bits per heavy atom. The van der Waals surface area contributed by atoms with Crippen molar-refractivity contribution in [1.29, 1.82) is 0 Å². The second-order valence-electron chi connectivity index (χ2n) is 6.84. The van der Waals surface area contributed by atoms with Crippen LogP contribution in [0.4, 0.5) is 22.0 Å². The fraction of sp³-hybridized carbons (Fsp3) is 1.00. The van der Waals surface area contributed by atoms with Gasteiger partial charge in [0, 0.05) is 19.6 Å². The molecule has 0 bridgehead atoms. The van der Waals surface area contributed by atoms with Crippen LogP contribution in [0.2, 0.25) is 0 Å². The summed E-state index contributed by atoms with van der Waals surface area (Å²) in [5.74, 6) is -4.55. The number of alkyl halides is 5. The van der Waals surface area contributed by atoms with Gasteiger partial charge in [0.15, 0.2) is 0 Å². The van der Waals surface area contributed by atoms with Crippen LogP contribution in [0.25, 0.3) is 0 Å². The molecule has 1 rings (SSSR count). The lowest BCUT2D eigenvalue weighted by molar-refractivity contribution is -0.284. The molecular weight excluding hydrogens is 343 g/mol. The molecule has 7 heteroatoms. The highest BCUT2D eigenvalue weighted by atomic mass is 19.4. The van der Waals surface area contributed by atoms with Crippen molar-refractivity contribution in [3.8, 4) is 0 Å². The van der Waals surface area contributed by atoms with Crippen LogP contribution in [0.1, 0.15) is 77.0 Å². The van der Waals surface area contributed by atoms with Gasteiger partial charge in [0.05, 0.1) is 12.7 Å². The fourth-order valence-corrected chi connectivity index (χ4v) is 2.91. The van der Waals surface area contributed by atoms with Gasteiger partial charge in [-0.15, -0.1) is 0 Å². The van der Waals surface area contributed by atoms with Crippen LogP contribution in [0.15, 0.2) is 0 Å². The lowest BCUT2D eigenvalue weighted by Gasteiger charge is -2.22. The average molecular weight is 374 g/mol. The molecule has 0 aliphatic carbocycles. The van der Waals surface area contributed by atoms with E-state index in [-0.39, 0.29) is 12.5 Å². The fourth-order valence-electron chi connectivity index (χ4n) is 2.91. The third-order valence-electron chi connectivity index (χ3n) is 4.52. The highest BCUT2D eigenvalue weighted by molar-refractivity contribution is 4.75. The first-order valence-electron chi connectivity index (χ1n) is 9.47. The van der Waals surface area contributed by atoms with Crippen molar-refractivity contribution in [1.82, 2.24) is 0 Å². The van der Waals surface area contributed by atoms with E-state index in [4.69, 9.17) is 9.47 Å². The van der Waals surface area contributed by atoms with E-state index in [0.29, 0.717) is 19.4 Å². The summed E-state index contributed by atoms with van der Waals surface area (Å²) in [4.78, 5) is 0. The Hall–Kier alpha value is -0.430. The minimum Gasteiger partial charge on any atom is -0.379 e. The number of hydrogen-bond donors (Lipinski definition) is 0. The quantitative estimate of drug-likeness (QED) is 0.279. The average Bonchev–Trinajstić information content (AvgIpc) is 2.55. The molecule has 0 aromatic carbocycles. The van der Waals surface area contributed by atoms with E-state index < -0.39 is 18.5 Å². The molecule has 0 N–H and O–H groups in total. The maximum Gasteiger partial charge on any atom is 0.453 e. The lowest BCUT2D eigenvalue weighted by atomic mass is 10.1. The first-order valence-corrected chi connectivity index (χ1v) is 9.47. The molecule has 1 fully saturated rings. The zero-order chi connectivity index (χ0) is 18.6. The SMILES string of the molecule is FC(F)(F)C(F)(F)CCCCCCCCCCOCC1CCCCO1. The van der Waals surface area contributed by atoms with E-state index in [1.807, 2.05) is 0 Å². The van der Waals surface area contributed by atoms with E-state index in [1.165, 1.54) is 6.42 Å². The number of rotatable bonds is 13. The zero-order valence-electron chi connectivity index (χ0n) is 14.9. The largest absolute Gasteiger partial charge is 0.453 e. The maximum absolute atomic E-state index is 12.7. The Labute approximate surface area is 147 Å². The second-order valence-corrected chi connectivity index (χ2v) is 6.84. The van der Waals surface area contributed by atoms with Gasteiger partial charge in [-0.05, 0) is 32.1 Å². The highest BCUT2D eigenvalue weighted by Gasteiger charge is 2.56. The first kappa shape index (κ1) is 22.6. The standard InChI is InChI=1S/C18H31F5O2/c19-17(20,18(21,22)23)12-8-5-3-1-2-4-6-9-13-24-15-16-11-7-10-14-25-16/h16H,1-15H2. The molecule has 1 unspecified atom stereocenters. The third kappa shape index (κ3) is 10.3. The van der Waals surface area contributed by atoms with Gasteiger partial charge in [-0.25, -0.2) is 0 Å². The molecule has 0 radical (unpaired) electrons. The van der Waals surface area contributed by atoms with Crippen LogP contribution in [-0.2, 0) is 9.47 Å². The molecule has 0 aromatic heterocycles. The van der Waals surface area contributed by atoms with Crippen LogP contribution in [0.3, 0.4) is 0 Å². The number of unbranched alkanes of at least 4 members (excludes halogenated alkanes) is 7. The van der Waals surface area contributed by atoms with Gasteiger partial charge in [-0.2, -0.15) is 22.0 Å². The van der Waals surface area contributed by atoms with Gasteiger partial charge < -0.3 is 9.47 Å². The molecule has 150 valence electrons. The van der Waals surface area contributed by atoms with Crippen molar-refractivity contribution in [2.24, 2.45) is 0 Å². The number of ether oxygens (including phenoxy) is 2. The van der Waals surface area contributed by atoms with Crippen LogP contribution in [0.5, 0.6) is 0 Å². The minimum atomic E-state index is -5.42. The number of halogens is 5. The predicted octanol–water partition coefficient (Wildman–Crippen LogP) is 6.28. The molecular formula is C18H31F5O2. The van der Waals surface area contributed by atoms with E-state index in [1.54, 1.807) is 0 Å². The van der Waals surface area contributed by atoms with Gasteiger partial charge >= 0.3 is 12.1 Å². The van der Waals surface area contributed by atoms with Crippen molar-refractivity contribution >= 4 is 0 Å². The molecule has 0 saturated carbocycles. The van der Waals surface area contributed by atoms with E-state index in [2.05, 4.69) is 0 Å². The van der Waals surface area contributed by atoms with Crippen molar-refractivity contribution < 1.29 is 31.4 Å². The molecule has 0 amide bonds. The van der Waals surface area contributed by atoms with Gasteiger partial charge in [0.25, 0.3) is 0 Å². The molecule has 1 saturated heterocycles. The highest BCUT2D eigenvalue weighted by Crippen LogP contribution is 2.39. The van der Waals surface area contributed by atoms with Gasteiger partial charge in [-0.1, -0.05) is 38.5 Å². The molecule has 1 aliphatic heterocycles. The Balaban J connectivity index is 1.81. The summed E-state index contributed by atoms with van der Waals surface area (Å²) in [6, 6.07) is 0. The minimum absolute atomic E-state index is 0.0798. The maximum atomic E-state index is 12.7. The van der Waals surface area contributed by atoms with Crippen molar-refractivity contribution in [2.75, 3.05) is 19.8 Å². The van der Waals surface area contributed by atoms with Crippen LogP contribution in [0, 0.1) is 0 Å². The normalized spacial score (nSPS) is 19.3. The van der Waals surface area contributed by atoms with Crippen molar-refractivity contribution in [3.05, 3.63) is 0 Å². The van der Waals surface area contributed by atoms with Crippen molar-refractivity contribution in [3.63, 3.8) is 0 Å². The molecule has 1 aliphatic rings. The van der Waals surface area contributed by atoms with Crippen molar-refractivity contribution in [2.45, 2.75) is 95.3 Å². The second kappa shape index (κ2) is 12.0. The van der Waals surface area contributed by atoms with E-state index in [9.17, 15) is 22.0 Å².